The van der Waals surface area contributed by atoms with Crippen molar-refractivity contribution in [3.63, 3.8) is 0 Å². The Balaban J connectivity index is 1.51. The number of aromatic nitrogens is 2. The number of carbonyl (C=O) groups excluding carboxylic acids is 2. The number of aryl methyl sites for hydroxylation is 1. The fraction of sp³-hybridized carbons (Fsp3) is 0.190. The van der Waals surface area contributed by atoms with Crippen LogP contribution in [0.15, 0.2) is 60.9 Å². The van der Waals surface area contributed by atoms with Crippen molar-refractivity contribution in [1.82, 2.24) is 20.2 Å². The van der Waals surface area contributed by atoms with E-state index in [1.54, 1.807) is 54.3 Å². The lowest BCUT2D eigenvalue weighted by atomic mass is 10.1. The summed E-state index contributed by atoms with van der Waals surface area (Å²) in [7, 11) is 1.81. The van der Waals surface area contributed by atoms with Gasteiger partial charge in [0.15, 0.2) is 0 Å². The number of amides is 2. The number of rotatable bonds is 7. The molecule has 28 heavy (non-hydrogen) atoms. The van der Waals surface area contributed by atoms with Gasteiger partial charge in [-0.05, 0) is 47.5 Å². The number of carbonyl (C=O) groups is 2. The highest BCUT2D eigenvalue weighted by atomic mass is 19.1. The van der Waals surface area contributed by atoms with E-state index in [0.29, 0.717) is 23.5 Å². The summed E-state index contributed by atoms with van der Waals surface area (Å²) in [6.07, 6.45) is 3.56. The maximum Gasteiger partial charge on any atom is 0.268 e. The molecule has 0 aliphatic carbocycles. The van der Waals surface area contributed by atoms with Gasteiger partial charge >= 0.3 is 0 Å². The molecule has 144 valence electrons. The molecule has 6 nitrogen and oxygen atoms in total. The zero-order valence-electron chi connectivity index (χ0n) is 15.5. The SMILES string of the molecule is Cn1cccc1C(=O)NCc1cc(CNC(=O)Cc2cccc(F)c2)ccn1. The van der Waals surface area contributed by atoms with Crippen molar-refractivity contribution in [1.29, 1.82) is 0 Å². The predicted molar refractivity (Wildman–Crippen MR) is 103 cm³/mol. The van der Waals surface area contributed by atoms with Gasteiger partial charge in [0.2, 0.25) is 5.91 Å². The van der Waals surface area contributed by atoms with Crippen molar-refractivity contribution >= 4 is 11.8 Å². The smallest absolute Gasteiger partial charge is 0.268 e. The van der Waals surface area contributed by atoms with Crippen molar-refractivity contribution < 1.29 is 14.0 Å². The molecule has 3 aromatic rings. The van der Waals surface area contributed by atoms with Crippen molar-refractivity contribution in [2.75, 3.05) is 0 Å². The van der Waals surface area contributed by atoms with Gasteiger partial charge in [-0.15, -0.1) is 0 Å². The van der Waals surface area contributed by atoms with Crippen LogP contribution in [0.4, 0.5) is 4.39 Å². The number of benzene rings is 1. The average molecular weight is 380 g/mol. The second-order valence-electron chi connectivity index (χ2n) is 6.43. The van der Waals surface area contributed by atoms with Crippen LogP contribution in [0.2, 0.25) is 0 Å². The third kappa shape index (κ3) is 5.26. The fourth-order valence-corrected chi connectivity index (χ4v) is 2.79. The molecule has 0 aliphatic heterocycles. The molecule has 3 rings (SSSR count). The number of nitrogens with one attached hydrogen (secondary N) is 2. The topological polar surface area (TPSA) is 76.0 Å². The van der Waals surface area contributed by atoms with Gasteiger partial charge in [0.05, 0.1) is 18.7 Å². The van der Waals surface area contributed by atoms with Gasteiger partial charge in [-0.2, -0.15) is 0 Å². The Morgan fingerprint density at radius 1 is 1.04 bits per heavy atom. The second kappa shape index (κ2) is 8.94. The fourth-order valence-electron chi connectivity index (χ4n) is 2.79. The van der Waals surface area contributed by atoms with E-state index in [0.717, 1.165) is 5.56 Å². The molecule has 2 heterocycles. The van der Waals surface area contributed by atoms with E-state index in [4.69, 9.17) is 0 Å². The average Bonchev–Trinajstić information content (AvgIpc) is 3.11. The van der Waals surface area contributed by atoms with E-state index in [1.807, 2.05) is 6.07 Å². The largest absolute Gasteiger partial charge is 0.352 e. The van der Waals surface area contributed by atoms with Crippen molar-refractivity contribution in [3.8, 4) is 0 Å². The molecule has 0 saturated carbocycles. The maximum atomic E-state index is 13.2. The molecule has 2 N–H and O–H groups in total. The maximum absolute atomic E-state index is 13.2. The highest BCUT2D eigenvalue weighted by Crippen LogP contribution is 2.06. The highest BCUT2D eigenvalue weighted by molar-refractivity contribution is 5.92. The van der Waals surface area contributed by atoms with Crippen molar-refractivity contribution in [3.05, 3.63) is 89.3 Å². The Bertz CT molecular complexity index is 984. The minimum Gasteiger partial charge on any atom is -0.352 e. The molecule has 0 bridgehead atoms. The lowest BCUT2D eigenvalue weighted by molar-refractivity contribution is -0.120. The zero-order valence-corrected chi connectivity index (χ0v) is 15.5. The van der Waals surface area contributed by atoms with Crippen LogP contribution < -0.4 is 10.6 Å². The molecule has 0 fully saturated rings. The molecule has 2 aromatic heterocycles. The molecule has 0 saturated heterocycles. The first-order chi connectivity index (χ1) is 13.5. The minimum atomic E-state index is -0.360. The summed E-state index contributed by atoms with van der Waals surface area (Å²) in [6, 6.07) is 13.2. The van der Waals surface area contributed by atoms with Gasteiger partial charge in [0.1, 0.15) is 11.5 Å². The first-order valence-electron chi connectivity index (χ1n) is 8.86. The van der Waals surface area contributed by atoms with Crippen LogP contribution in [0.3, 0.4) is 0 Å². The van der Waals surface area contributed by atoms with E-state index < -0.39 is 0 Å². The summed E-state index contributed by atoms with van der Waals surface area (Å²) in [5.41, 5.74) is 2.75. The van der Waals surface area contributed by atoms with Crippen LogP contribution in [0.1, 0.15) is 27.3 Å². The number of hydrogen-bond donors (Lipinski definition) is 2. The van der Waals surface area contributed by atoms with Crippen LogP contribution in [0.5, 0.6) is 0 Å². The number of pyridine rings is 1. The molecular formula is C21H21FN4O2. The first-order valence-corrected chi connectivity index (χ1v) is 8.86. The molecule has 0 spiro atoms. The van der Waals surface area contributed by atoms with E-state index >= 15 is 0 Å². The highest BCUT2D eigenvalue weighted by Gasteiger charge is 2.09. The van der Waals surface area contributed by atoms with Crippen molar-refractivity contribution in [2.45, 2.75) is 19.5 Å². The third-order valence-corrected chi connectivity index (χ3v) is 4.23. The summed E-state index contributed by atoms with van der Waals surface area (Å²) >= 11 is 0. The molecule has 0 radical (unpaired) electrons. The van der Waals surface area contributed by atoms with E-state index in [-0.39, 0.29) is 30.6 Å². The summed E-state index contributed by atoms with van der Waals surface area (Å²) in [6.45, 7) is 0.616. The number of halogens is 1. The monoisotopic (exact) mass is 380 g/mol. The summed E-state index contributed by atoms with van der Waals surface area (Å²) in [5, 5.41) is 5.64. The zero-order chi connectivity index (χ0) is 19.9. The quantitative estimate of drug-likeness (QED) is 0.661. The Labute approximate surface area is 162 Å². The minimum absolute atomic E-state index is 0.114. The van der Waals surface area contributed by atoms with Crippen LogP contribution in [0, 0.1) is 5.82 Å². The molecule has 0 atom stereocenters. The van der Waals surface area contributed by atoms with Crippen LogP contribution in [0.25, 0.3) is 0 Å². The van der Waals surface area contributed by atoms with Gasteiger partial charge in [0, 0.05) is 26.0 Å². The van der Waals surface area contributed by atoms with Crippen LogP contribution >= 0.6 is 0 Å². The number of nitrogens with zero attached hydrogens (tertiary/aromatic N) is 2. The van der Waals surface area contributed by atoms with E-state index in [1.165, 1.54) is 12.1 Å². The van der Waals surface area contributed by atoms with E-state index in [2.05, 4.69) is 15.6 Å². The molecule has 1 aromatic carbocycles. The molecular weight excluding hydrogens is 359 g/mol. The Morgan fingerprint density at radius 2 is 1.89 bits per heavy atom. The summed E-state index contributed by atoms with van der Waals surface area (Å²) < 4.78 is 14.9. The molecule has 0 unspecified atom stereocenters. The molecule has 2 amide bonds. The van der Waals surface area contributed by atoms with Gasteiger partial charge < -0.3 is 15.2 Å². The van der Waals surface area contributed by atoms with Crippen molar-refractivity contribution in [2.24, 2.45) is 7.05 Å². The van der Waals surface area contributed by atoms with Gasteiger partial charge in [-0.3, -0.25) is 14.6 Å². The number of hydrogen-bond acceptors (Lipinski definition) is 3. The van der Waals surface area contributed by atoms with Crippen LogP contribution in [-0.4, -0.2) is 21.4 Å². The lowest BCUT2D eigenvalue weighted by Gasteiger charge is -2.09. The van der Waals surface area contributed by atoms with Crippen LogP contribution in [-0.2, 0) is 31.4 Å². The normalized spacial score (nSPS) is 10.5. The first kappa shape index (κ1) is 19.3. The Morgan fingerprint density at radius 3 is 2.64 bits per heavy atom. The second-order valence-corrected chi connectivity index (χ2v) is 6.43. The Kier molecular flexibility index (Phi) is 6.16. The van der Waals surface area contributed by atoms with Gasteiger partial charge in [0.25, 0.3) is 5.91 Å². The molecule has 0 aliphatic rings. The Hall–Kier alpha value is -3.48. The third-order valence-electron chi connectivity index (χ3n) is 4.23. The van der Waals surface area contributed by atoms with Gasteiger partial charge in [-0.1, -0.05) is 12.1 Å². The van der Waals surface area contributed by atoms with E-state index in [9.17, 15) is 14.0 Å². The summed E-state index contributed by atoms with van der Waals surface area (Å²) in [4.78, 5) is 28.4. The standard InChI is InChI=1S/C21H21FN4O2/c1-26-9-3-6-19(26)21(28)25-14-18-11-16(7-8-23-18)13-24-20(27)12-15-4-2-5-17(22)10-15/h2-11H,12-14H2,1H3,(H,24,27)(H,25,28). The molecule has 7 heteroatoms. The van der Waals surface area contributed by atoms with Gasteiger partial charge in [-0.25, -0.2) is 4.39 Å². The summed E-state index contributed by atoms with van der Waals surface area (Å²) in [5.74, 6) is -0.731. The predicted octanol–water partition coefficient (Wildman–Crippen LogP) is 2.35. The lowest BCUT2D eigenvalue weighted by Crippen LogP contribution is -2.26.